The van der Waals surface area contributed by atoms with Crippen molar-refractivity contribution < 1.29 is 71.1 Å². The van der Waals surface area contributed by atoms with Gasteiger partial charge < -0.3 is 51.3 Å². The van der Waals surface area contributed by atoms with Crippen LogP contribution in [0.4, 0.5) is 11.9 Å². The van der Waals surface area contributed by atoms with Crippen molar-refractivity contribution in [2.24, 2.45) is 25.6 Å². The number of alkyl halides is 7. The highest BCUT2D eigenvalue weighted by molar-refractivity contribution is 9.10. The molecular weight excluding hydrogens is 1500 g/mol. The van der Waals surface area contributed by atoms with E-state index in [2.05, 4.69) is 148 Å². The van der Waals surface area contributed by atoms with Gasteiger partial charge in [0.05, 0.1) is 23.4 Å². The zero-order chi connectivity index (χ0) is 66.8. The lowest BCUT2D eigenvalue weighted by Crippen LogP contribution is -2.28. The Labute approximate surface area is 495 Å². The van der Waals surface area contributed by atoms with Gasteiger partial charge in [-0.3, -0.25) is 13.7 Å². The summed E-state index contributed by atoms with van der Waals surface area (Å²) in [5.41, 5.74) is 10.2. The second-order valence-corrected chi connectivity index (χ2v) is 20.0. The Kier molecular flexibility index (Phi) is 34.0. The fourth-order valence-electron chi connectivity index (χ4n) is 3.34. The maximum atomic E-state index is 12.8. The summed E-state index contributed by atoms with van der Waals surface area (Å²) in [4.78, 5) is 36.0. The lowest BCUT2D eigenvalue weighted by atomic mass is 10.3. The zero-order valence-electron chi connectivity index (χ0n) is 51.9. The molecule has 0 aliphatic rings. The number of rotatable bonds is 28. The van der Waals surface area contributed by atoms with Crippen molar-refractivity contribution >= 4 is 163 Å². The van der Waals surface area contributed by atoms with Crippen LogP contribution in [0.15, 0.2) is 42.7 Å². The van der Waals surface area contributed by atoms with E-state index in [9.17, 15) is 38.8 Å². The average molecular weight is 1590 g/mol. The minimum Gasteiger partial charge on any atom is -0.422 e. The van der Waals surface area contributed by atoms with Gasteiger partial charge in [-0.05, 0) is 22.0 Å². The third kappa shape index (κ3) is 39.4. The van der Waals surface area contributed by atoms with Crippen LogP contribution in [0, 0.1) is 20.2 Å². The van der Waals surface area contributed by atoms with Crippen LogP contribution in [-0.4, -0.2) is 140 Å². The maximum Gasteiger partial charge on any atom is 0.434 e. The molecule has 13 N–H and O–H groups in total. The molecular formula is C32H65Br8N14O12P3. The first-order valence-corrected chi connectivity index (χ1v) is 29.1. The number of nitrogens with zero attached hydrogens (tertiary/aromatic N) is 6. The summed E-state index contributed by atoms with van der Waals surface area (Å²) in [7, 11) is -9.13. The van der Waals surface area contributed by atoms with Crippen LogP contribution in [0.3, 0.4) is 0 Å². The smallest absolute Gasteiger partial charge is 0.422 e. The number of benzene rings is 1. The maximum absolute atomic E-state index is 12.8. The summed E-state index contributed by atoms with van der Waals surface area (Å²) in [6.07, 6.45) is 2.45. The van der Waals surface area contributed by atoms with Gasteiger partial charge in [0, 0.05) is 110 Å². The molecule has 0 saturated carbocycles. The van der Waals surface area contributed by atoms with Crippen molar-refractivity contribution in [2.45, 2.75) is 13.2 Å². The van der Waals surface area contributed by atoms with Crippen molar-refractivity contribution in [3.8, 4) is 5.75 Å². The van der Waals surface area contributed by atoms with Crippen molar-refractivity contribution in [2.75, 3.05) is 95.9 Å². The highest BCUT2D eigenvalue weighted by Gasteiger charge is 2.25. The molecule has 3 atom stereocenters. The fraction of sp³-hybridized carbons (Fsp3) is 0.625. The highest BCUT2D eigenvalue weighted by Crippen LogP contribution is 2.39. The fourth-order valence-corrected chi connectivity index (χ4v) is 8.45. The van der Waals surface area contributed by atoms with Crippen LogP contribution in [0.25, 0.3) is 0 Å². The SMILES string of the molecule is Br.Cn1c(CO)cnc1[N+](=O)[O-].[2HH].[2H]C([2H])(Br)CN.[2H]C([2H])(Br)CNP(=O)(NC([2H])([2H])CBr)OCc1cnc([N+](=O)[O-])n1C.[2H]C([2H])(Br)CNP(=O)(NC([2H])([2H])CBr)Oc1ccccc1.[2H]C([2H])(Br)CNP(=O)(O)NC([2H])([2H])CBr.[2H]C([2H])(O)CN. The van der Waals surface area contributed by atoms with Crippen LogP contribution in [0.2, 0.25) is 0 Å². The number of nitro groups is 2. The molecule has 37 heteroatoms. The van der Waals surface area contributed by atoms with Crippen molar-refractivity contribution in [1.29, 1.82) is 0 Å². The average Bonchev–Trinajstić information content (AvgIpc) is 4.12. The van der Waals surface area contributed by atoms with Crippen LogP contribution in [-0.2, 0) is 45.5 Å². The van der Waals surface area contributed by atoms with Crippen molar-refractivity contribution in [3.63, 3.8) is 0 Å². The minimum atomic E-state index is -4.10. The van der Waals surface area contributed by atoms with Crippen LogP contribution in [0.5, 0.6) is 5.75 Å². The predicted octanol–water partition coefficient (Wildman–Crippen LogP) is 6.04. The van der Waals surface area contributed by atoms with Gasteiger partial charge >= 0.3 is 34.9 Å². The normalized spacial score (nSPS) is 17.9. The molecule has 3 unspecified atom stereocenters. The molecule has 2 heterocycles. The summed E-state index contributed by atoms with van der Waals surface area (Å²) in [6, 6.07) is 8.27. The molecule has 1 aromatic carbocycles. The molecule has 69 heavy (non-hydrogen) atoms. The Morgan fingerprint density at radius 3 is 1.49 bits per heavy atom. The third-order valence-corrected chi connectivity index (χ3v) is 12.2. The number of halogens is 8. The first-order valence-electron chi connectivity index (χ1n) is 25.6. The van der Waals surface area contributed by atoms with Crippen LogP contribution in [0.1, 0.15) is 34.7 Å². The van der Waals surface area contributed by atoms with Gasteiger partial charge in [-0.25, -0.2) is 44.2 Å². The van der Waals surface area contributed by atoms with E-state index < -0.39 is 99.1 Å². The Hall–Kier alpha value is 0.290. The predicted molar refractivity (Wildman–Crippen MR) is 305 cm³/mol. The Morgan fingerprint density at radius 2 is 1.12 bits per heavy atom. The van der Waals surface area contributed by atoms with E-state index in [0.29, 0.717) is 5.69 Å². The van der Waals surface area contributed by atoms with E-state index >= 15 is 0 Å². The monoisotopic (exact) mass is 1580 g/mol. The Morgan fingerprint density at radius 1 is 0.710 bits per heavy atom. The summed E-state index contributed by atoms with van der Waals surface area (Å²) in [5.74, 6) is -0.405. The standard InChI is InChI=1S/C10H15Br2N2O2P.C9H16Br2N5O4P.C5H7N3O3.C4H11Br2N2O2P.C2H6BrN.C2H7NO.BrH.H2/c11-6-8-13-17(15,14-9-7-12)16-10-4-2-1-3-5-10;1-15-8(6-12-9(15)16(17)18)7-20-21(19,13-4-2-10)14-5-3-11;1-7-4(3-9)2-6-5(7)8(10)11;5-1-3-7-11(9,10)8-4-2-6;2*3-1-2-4;;/h1-5H,6-9H2,(H2,13,14,15);6H,2-5,7H2,1H3,(H2,13,14,19);2,9H,3H2,1H3;1-4H2,(H3,7,8,9,10);1-2,4H2;4H,1-3H2;2*1H/i6D2,9D2;2D2,5D2;;1D2,4D2;1D2;2D2;;1+1. The van der Waals surface area contributed by atoms with E-state index in [4.69, 9.17) is 46.9 Å². The lowest BCUT2D eigenvalue weighted by molar-refractivity contribution is -0.396. The minimum absolute atomic E-state index is 0. The van der Waals surface area contributed by atoms with Gasteiger partial charge in [-0.1, -0.05) is 140 Å². The molecule has 0 aliphatic carbocycles. The van der Waals surface area contributed by atoms with E-state index in [-0.39, 0.29) is 84.6 Å². The number of para-hydroxylation sites is 1. The molecule has 2 aromatic heterocycles. The second-order valence-electron chi connectivity index (χ2n) is 10.6. The lowest BCUT2D eigenvalue weighted by Gasteiger charge is -2.20. The van der Waals surface area contributed by atoms with E-state index in [0.717, 1.165) is 4.57 Å². The molecule has 26 nitrogen and oxygen atoms in total. The van der Waals surface area contributed by atoms with Gasteiger partial charge in [0.25, 0.3) is 0 Å². The summed E-state index contributed by atoms with van der Waals surface area (Å²) >= 11 is 19.6. The molecule has 0 bridgehead atoms. The number of imidazole rings is 2. The number of aliphatic hydroxyl groups is 2. The Balaban J connectivity index is -0.000000324. The van der Waals surface area contributed by atoms with Crippen LogP contribution < -0.4 is 46.5 Å². The van der Waals surface area contributed by atoms with E-state index in [1.54, 1.807) is 30.3 Å². The molecule has 406 valence electrons. The number of hydrogen-bond acceptors (Lipinski definition) is 15. The van der Waals surface area contributed by atoms with E-state index in [1.807, 2.05) is 10.2 Å². The summed E-state index contributed by atoms with van der Waals surface area (Å²) < 4.78 is 164. The summed E-state index contributed by atoms with van der Waals surface area (Å²) in [5, 5.41) is 43.3. The number of nitrogens with two attached hydrogens (primary N) is 2. The van der Waals surface area contributed by atoms with Gasteiger partial charge in [0.15, 0.2) is 0 Å². The third-order valence-electron chi connectivity index (χ3n) is 6.10. The quantitative estimate of drug-likeness (QED) is 0.0171. The van der Waals surface area contributed by atoms with Gasteiger partial charge in [-0.2, -0.15) is 0 Å². The summed E-state index contributed by atoms with van der Waals surface area (Å²) in [6.45, 7) is -10.5. The molecule has 0 aliphatic heterocycles. The second kappa shape index (κ2) is 48.0. The first kappa shape index (κ1) is 48.9. The van der Waals surface area contributed by atoms with Crippen molar-refractivity contribution in [1.82, 2.24) is 49.6 Å². The van der Waals surface area contributed by atoms with Crippen LogP contribution >= 0.6 is 152 Å². The molecule has 0 amide bonds. The molecule has 0 radical (unpaired) electrons. The van der Waals surface area contributed by atoms with Crippen molar-refractivity contribution in [3.05, 3.63) is 74.3 Å². The Bertz CT molecular complexity index is 2580. The number of aromatic nitrogens is 4. The molecule has 3 aromatic rings. The zero-order valence-corrected chi connectivity index (χ0v) is 51.4. The van der Waals surface area contributed by atoms with Gasteiger partial charge in [0.1, 0.15) is 42.7 Å². The highest BCUT2D eigenvalue weighted by atomic mass is 79.9. The topological polar surface area (TPSA) is 376 Å². The molecule has 0 saturated heterocycles. The van der Waals surface area contributed by atoms with Gasteiger partial charge in [-0.15, -0.1) is 17.0 Å². The number of nitrogens with one attached hydrogen (secondary N) is 6. The largest absolute Gasteiger partial charge is 0.434 e. The first-order chi connectivity index (χ1) is 37.6. The molecule has 0 fully saturated rings. The molecule has 0 spiro atoms. The van der Waals surface area contributed by atoms with Gasteiger partial charge in [0.2, 0.25) is 0 Å². The van der Waals surface area contributed by atoms with E-state index in [1.165, 1.54) is 31.1 Å². The molecule has 3 rings (SSSR count). The number of aliphatic hydroxyl groups excluding tert-OH is 1. The number of hydrogen-bond donors (Lipinski definition) is 11.